The molecular weight excluding hydrogens is 276 g/mol. The molecule has 0 aliphatic carbocycles. The van der Waals surface area contributed by atoms with E-state index in [4.69, 9.17) is 11.6 Å². The SMILES string of the molecule is CC(C)Cc1cc(N=O)c(-c2cccc(Cl)c2)c(=O)[nH]1. The molecule has 0 saturated heterocycles. The Morgan fingerprint density at radius 1 is 1.30 bits per heavy atom. The summed E-state index contributed by atoms with van der Waals surface area (Å²) in [4.78, 5) is 26.1. The van der Waals surface area contributed by atoms with Gasteiger partial charge in [0, 0.05) is 10.7 Å². The Morgan fingerprint density at radius 2 is 2.05 bits per heavy atom. The van der Waals surface area contributed by atoms with Crippen molar-refractivity contribution in [3.63, 3.8) is 0 Å². The molecule has 0 aliphatic heterocycles. The summed E-state index contributed by atoms with van der Waals surface area (Å²) < 4.78 is 0. The maximum atomic E-state index is 12.2. The highest BCUT2D eigenvalue weighted by Gasteiger charge is 2.13. The molecule has 1 heterocycles. The molecule has 0 fully saturated rings. The van der Waals surface area contributed by atoms with Gasteiger partial charge in [-0.05, 0) is 41.3 Å². The van der Waals surface area contributed by atoms with Gasteiger partial charge in [-0.1, -0.05) is 37.6 Å². The zero-order chi connectivity index (χ0) is 14.7. The molecule has 20 heavy (non-hydrogen) atoms. The van der Waals surface area contributed by atoms with Gasteiger partial charge in [-0.25, -0.2) is 0 Å². The van der Waals surface area contributed by atoms with Crippen molar-refractivity contribution in [2.45, 2.75) is 20.3 Å². The molecule has 1 aromatic heterocycles. The molecule has 0 bridgehead atoms. The van der Waals surface area contributed by atoms with Crippen LogP contribution in [0, 0.1) is 10.8 Å². The third-order valence-electron chi connectivity index (χ3n) is 2.91. The van der Waals surface area contributed by atoms with Crippen LogP contribution in [0.4, 0.5) is 5.69 Å². The van der Waals surface area contributed by atoms with Gasteiger partial charge < -0.3 is 4.98 Å². The highest BCUT2D eigenvalue weighted by Crippen LogP contribution is 2.29. The van der Waals surface area contributed by atoms with Crippen LogP contribution in [-0.2, 0) is 6.42 Å². The van der Waals surface area contributed by atoms with Crippen molar-refractivity contribution in [1.29, 1.82) is 0 Å². The van der Waals surface area contributed by atoms with E-state index in [2.05, 4.69) is 10.2 Å². The molecular formula is C15H15ClN2O2. The first-order chi connectivity index (χ1) is 9.51. The normalized spacial score (nSPS) is 10.8. The minimum atomic E-state index is -0.319. The topological polar surface area (TPSA) is 62.3 Å². The number of nitroso groups, excluding NO2 is 1. The summed E-state index contributed by atoms with van der Waals surface area (Å²) in [7, 11) is 0. The van der Waals surface area contributed by atoms with E-state index >= 15 is 0 Å². The monoisotopic (exact) mass is 290 g/mol. The highest BCUT2D eigenvalue weighted by molar-refractivity contribution is 6.30. The largest absolute Gasteiger partial charge is 0.326 e. The molecule has 104 valence electrons. The number of aromatic amines is 1. The predicted octanol–water partition coefficient (Wildman–Crippen LogP) is 4.29. The lowest BCUT2D eigenvalue weighted by Gasteiger charge is -2.08. The van der Waals surface area contributed by atoms with E-state index in [1.807, 2.05) is 13.8 Å². The number of hydrogen-bond acceptors (Lipinski definition) is 3. The minimum Gasteiger partial charge on any atom is -0.326 e. The first-order valence-electron chi connectivity index (χ1n) is 6.36. The molecule has 4 nitrogen and oxygen atoms in total. The molecule has 0 aliphatic rings. The molecule has 0 unspecified atom stereocenters. The molecule has 0 atom stereocenters. The summed E-state index contributed by atoms with van der Waals surface area (Å²) in [6, 6.07) is 8.44. The minimum absolute atomic E-state index is 0.145. The Bertz CT molecular complexity index is 693. The summed E-state index contributed by atoms with van der Waals surface area (Å²) in [5.41, 5.74) is 1.39. The zero-order valence-electron chi connectivity index (χ0n) is 11.3. The van der Waals surface area contributed by atoms with Crippen LogP contribution in [0.1, 0.15) is 19.5 Å². The molecule has 0 amide bonds. The van der Waals surface area contributed by atoms with Gasteiger partial charge in [0.15, 0.2) is 0 Å². The third-order valence-corrected chi connectivity index (χ3v) is 3.14. The Kier molecular flexibility index (Phi) is 4.35. The number of benzene rings is 1. The van der Waals surface area contributed by atoms with E-state index in [1.54, 1.807) is 30.3 Å². The lowest BCUT2D eigenvalue weighted by Crippen LogP contribution is -2.13. The fourth-order valence-electron chi connectivity index (χ4n) is 2.14. The van der Waals surface area contributed by atoms with Gasteiger partial charge in [0.2, 0.25) is 0 Å². The van der Waals surface area contributed by atoms with E-state index in [0.717, 1.165) is 0 Å². The summed E-state index contributed by atoms with van der Waals surface area (Å²) in [5.74, 6) is 0.377. The van der Waals surface area contributed by atoms with E-state index < -0.39 is 0 Å². The van der Waals surface area contributed by atoms with Crippen molar-refractivity contribution in [3.8, 4) is 11.1 Å². The van der Waals surface area contributed by atoms with Crippen molar-refractivity contribution in [1.82, 2.24) is 4.98 Å². The standard InChI is InChI=1S/C15H15ClN2O2/c1-9(2)6-12-8-13(18-20)14(15(19)17-12)10-4-3-5-11(16)7-10/h3-5,7-9H,6H2,1-2H3,(H,17,19). The number of aromatic nitrogens is 1. The molecule has 1 N–H and O–H groups in total. The van der Waals surface area contributed by atoms with Crippen LogP contribution in [0.25, 0.3) is 11.1 Å². The van der Waals surface area contributed by atoms with E-state index in [-0.39, 0.29) is 16.8 Å². The number of H-pyrrole nitrogens is 1. The van der Waals surface area contributed by atoms with Gasteiger partial charge in [-0.2, -0.15) is 0 Å². The lowest BCUT2D eigenvalue weighted by molar-refractivity contribution is 0.634. The number of rotatable bonds is 4. The first-order valence-corrected chi connectivity index (χ1v) is 6.74. The molecule has 2 aromatic rings. The van der Waals surface area contributed by atoms with Gasteiger partial charge in [0.05, 0.1) is 5.56 Å². The molecule has 0 spiro atoms. The number of nitrogens with one attached hydrogen (secondary N) is 1. The fourth-order valence-corrected chi connectivity index (χ4v) is 2.33. The second-order valence-corrected chi connectivity index (χ2v) is 5.52. The Balaban J connectivity index is 2.59. The van der Waals surface area contributed by atoms with Crippen LogP contribution in [0.15, 0.2) is 40.3 Å². The van der Waals surface area contributed by atoms with Crippen LogP contribution in [0.5, 0.6) is 0 Å². The number of halogens is 1. The molecule has 0 radical (unpaired) electrons. The summed E-state index contributed by atoms with van der Waals surface area (Å²) in [6.07, 6.45) is 0.688. The maximum Gasteiger partial charge on any atom is 0.258 e. The molecule has 0 saturated carbocycles. The Morgan fingerprint density at radius 3 is 2.65 bits per heavy atom. The van der Waals surface area contributed by atoms with Crippen LogP contribution >= 0.6 is 11.6 Å². The van der Waals surface area contributed by atoms with Crippen LogP contribution < -0.4 is 5.56 Å². The van der Waals surface area contributed by atoms with Gasteiger partial charge >= 0.3 is 0 Å². The summed E-state index contributed by atoms with van der Waals surface area (Å²) >= 11 is 5.92. The van der Waals surface area contributed by atoms with Crippen molar-refractivity contribution < 1.29 is 0 Å². The van der Waals surface area contributed by atoms with Crippen LogP contribution in [0.2, 0.25) is 5.02 Å². The number of nitrogens with zero attached hydrogens (tertiary/aromatic N) is 1. The summed E-state index contributed by atoms with van der Waals surface area (Å²) in [6.45, 7) is 4.08. The number of hydrogen-bond donors (Lipinski definition) is 1. The van der Waals surface area contributed by atoms with Crippen molar-refractivity contribution in [2.75, 3.05) is 0 Å². The molecule has 5 heteroatoms. The van der Waals surface area contributed by atoms with E-state index in [0.29, 0.717) is 28.6 Å². The maximum absolute atomic E-state index is 12.2. The van der Waals surface area contributed by atoms with Gasteiger partial charge in [-0.3, -0.25) is 4.79 Å². The smallest absolute Gasteiger partial charge is 0.258 e. The van der Waals surface area contributed by atoms with E-state index in [9.17, 15) is 9.70 Å². The second-order valence-electron chi connectivity index (χ2n) is 5.08. The zero-order valence-corrected chi connectivity index (χ0v) is 12.1. The Hall–Kier alpha value is -1.94. The second kappa shape index (κ2) is 6.01. The highest BCUT2D eigenvalue weighted by atomic mass is 35.5. The quantitative estimate of drug-likeness (QED) is 0.854. The van der Waals surface area contributed by atoms with Gasteiger partial charge in [-0.15, -0.1) is 4.91 Å². The predicted molar refractivity (Wildman–Crippen MR) is 81.5 cm³/mol. The van der Waals surface area contributed by atoms with Crippen LogP contribution in [-0.4, -0.2) is 4.98 Å². The Labute approximate surface area is 121 Å². The average molecular weight is 291 g/mol. The number of pyridine rings is 1. The fraction of sp³-hybridized carbons (Fsp3) is 0.267. The summed E-state index contributed by atoms with van der Waals surface area (Å²) in [5, 5.41) is 3.50. The molecule has 1 aromatic carbocycles. The van der Waals surface area contributed by atoms with Gasteiger partial charge in [0.25, 0.3) is 5.56 Å². The van der Waals surface area contributed by atoms with Gasteiger partial charge in [0.1, 0.15) is 5.69 Å². The van der Waals surface area contributed by atoms with E-state index in [1.165, 1.54) is 0 Å². The van der Waals surface area contributed by atoms with Crippen LogP contribution in [0.3, 0.4) is 0 Å². The third kappa shape index (κ3) is 3.14. The van der Waals surface area contributed by atoms with Crippen molar-refractivity contribution >= 4 is 17.3 Å². The average Bonchev–Trinajstić information content (AvgIpc) is 2.37. The van der Waals surface area contributed by atoms with Crippen molar-refractivity contribution in [2.24, 2.45) is 11.1 Å². The lowest BCUT2D eigenvalue weighted by atomic mass is 10.0. The van der Waals surface area contributed by atoms with Crippen molar-refractivity contribution in [3.05, 3.63) is 56.3 Å². The molecule has 2 rings (SSSR count). The first kappa shape index (κ1) is 14.5.